The first-order chi connectivity index (χ1) is 12.0. The molecule has 1 unspecified atom stereocenters. The zero-order chi connectivity index (χ0) is 18.4. The third-order valence-electron chi connectivity index (χ3n) is 4.37. The maximum absolute atomic E-state index is 12.6. The van der Waals surface area contributed by atoms with Gasteiger partial charge in [-0.2, -0.15) is 0 Å². The Morgan fingerprint density at radius 2 is 2.20 bits per heavy atom. The first kappa shape index (κ1) is 19.2. The van der Waals surface area contributed by atoms with Crippen molar-refractivity contribution in [2.24, 2.45) is 0 Å². The molecule has 1 fully saturated rings. The van der Waals surface area contributed by atoms with Crippen molar-refractivity contribution in [2.45, 2.75) is 19.4 Å². The van der Waals surface area contributed by atoms with Gasteiger partial charge in [-0.1, -0.05) is 17.7 Å². The standard InChI is InChI=1S/C18H26N2O5/c1-13-4-5-16(24-3)14(8-13)9-17(22)19(2)10-15-12-25-7-6-20(15)18(23)11-21/h4-5,8,15,21H,6-7,9-12H2,1-3H3. The molecule has 0 aliphatic carbocycles. The number of methoxy groups -OCH3 is 1. The van der Waals surface area contributed by atoms with Crippen molar-refractivity contribution in [2.75, 3.05) is 47.1 Å². The molecular weight excluding hydrogens is 324 g/mol. The quantitative estimate of drug-likeness (QED) is 0.794. The molecule has 1 atom stereocenters. The number of amides is 2. The lowest BCUT2D eigenvalue weighted by Gasteiger charge is -2.37. The number of hydrogen-bond donors (Lipinski definition) is 1. The van der Waals surface area contributed by atoms with Crippen molar-refractivity contribution in [1.29, 1.82) is 0 Å². The molecule has 7 heteroatoms. The summed E-state index contributed by atoms with van der Waals surface area (Å²) in [6.07, 6.45) is 0.225. The molecule has 1 aliphatic heterocycles. The predicted octanol–water partition coefficient (Wildman–Crippen LogP) is 0.224. The first-order valence-corrected chi connectivity index (χ1v) is 8.31. The highest BCUT2D eigenvalue weighted by atomic mass is 16.5. The number of nitrogens with zero attached hydrogens (tertiary/aromatic N) is 2. The van der Waals surface area contributed by atoms with Crippen LogP contribution in [0.1, 0.15) is 11.1 Å². The Morgan fingerprint density at radius 1 is 1.44 bits per heavy atom. The monoisotopic (exact) mass is 350 g/mol. The minimum Gasteiger partial charge on any atom is -0.496 e. The second-order valence-electron chi connectivity index (χ2n) is 6.24. The molecule has 2 rings (SSSR count). The van der Waals surface area contributed by atoms with Crippen LogP contribution in [0, 0.1) is 6.92 Å². The van der Waals surface area contributed by atoms with Crippen LogP contribution in [0.3, 0.4) is 0 Å². The van der Waals surface area contributed by atoms with E-state index in [0.29, 0.717) is 32.1 Å². The molecule has 1 N–H and O–H groups in total. The summed E-state index contributed by atoms with van der Waals surface area (Å²) in [5.74, 6) is 0.283. The number of carbonyl (C=O) groups is 2. The van der Waals surface area contributed by atoms with E-state index in [1.807, 2.05) is 25.1 Å². The predicted molar refractivity (Wildman–Crippen MR) is 92.5 cm³/mol. The van der Waals surface area contributed by atoms with Crippen molar-refractivity contribution < 1.29 is 24.2 Å². The average molecular weight is 350 g/mol. The largest absolute Gasteiger partial charge is 0.496 e. The van der Waals surface area contributed by atoms with E-state index in [4.69, 9.17) is 14.6 Å². The Morgan fingerprint density at radius 3 is 2.88 bits per heavy atom. The van der Waals surface area contributed by atoms with Crippen LogP contribution < -0.4 is 4.74 Å². The fourth-order valence-corrected chi connectivity index (χ4v) is 2.99. The van der Waals surface area contributed by atoms with Gasteiger partial charge in [0.25, 0.3) is 0 Å². The SMILES string of the molecule is COc1ccc(C)cc1CC(=O)N(C)CC1COCCN1C(=O)CO. The number of rotatable bonds is 6. The van der Waals surface area contributed by atoms with E-state index in [2.05, 4.69) is 0 Å². The van der Waals surface area contributed by atoms with Crippen LogP contribution in [-0.4, -0.2) is 79.8 Å². The van der Waals surface area contributed by atoms with Gasteiger partial charge in [-0.25, -0.2) is 0 Å². The van der Waals surface area contributed by atoms with Crippen molar-refractivity contribution in [3.05, 3.63) is 29.3 Å². The van der Waals surface area contributed by atoms with Gasteiger partial charge in [0.05, 0.1) is 32.8 Å². The fourth-order valence-electron chi connectivity index (χ4n) is 2.99. The minimum absolute atomic E-state index is 0.0640. The maximum atomic E-state index is 12.6. The highest BCUT2D eigenvalue weighted by Gasteiger charge is 2.29. The molecule has 7 nitrogen and oxygen atoms in total. The third kappa shape index (κ3) is 4.93. The fraction of sp³-hybridized carbons (Fsp3) is 0.556. The van der Waals surface area contributed by atoms with E-state index in [0.717, 1.165) is 11.1 Å². The molecular formula is C18H26N2O5. The summed E-state index contributed by atoms with van der Waals surface area (Å²) >= 11 is 0. The molecule has 1 aromatic rings. The maximum Gasteiger partial charge on any atom is 0.248 e. The number of carbonyl (C=O) groups excluding carboxylic acids is 2. The van der Waals surface area contributed by atoms with Crippen LogP contribution in [0.15, 0.2) is 18.2 Å². The Hall–Kier alpha value is -2.12. The Bertz CT molecular complexity index is 619. The van der Waals surface area contributed by atoms with Gasteiger partial charge in [-0.05, 0) is 13.0 Å². The molecule has 0 saturated carbocycles. The van der Waals surface area contributed by atoms with Crippen molar-refractivity contribution in [1.82, 2.24) is 9.80 Å². The number of benzene rings is 1. The van der Waals surface area contributed by atoms with Gasteiger partial charge >= 0.3 is 0 Å². The van der Waals surface area contributed by atoms with Gasteiger partial charge < -0.3 is 24.4 Å². The zero-order valence-corrected chi connectivity index (χ0v) is 15.0. The normalized spacial score (nSPS) is 17.3. The summed E-state index contributed by atoms with van der Waals surface area (Å²) in [5, 5.41) is 9.10. The summed E-state index contributed by atoms with van der Waals surface area (Å²) in [7, 11) is 3.29. The average Bonchev–Trinajstić information content (AvgIpc) is 2.61. The molecule has 1 aromatic carbocycles. The number of hydrogen-bond acceptors (Lipinski definition) is 5. The van der Waals surface area contributed by atoms with Crippen LogP contribution in [0.2, 0.25) is 0 Å². The number of likely N-dealkylation sites (N-methyl/N-ethyl adjacent to an activating group) is 1. The first-order valence-electron chi connectivity index (χ1n) is 8.31. The lowest BCUT2D eigenvalue weighted by molar-refractivity contribution is -0.145. The molecule has 0 spiro atoms. The van der Waals surface area contributed by atoms with Crippen LogP contribution in [0.25, 0.3) is 0 Å². The summed E-state index contributed by atoms with van der Waals surface area (Å²) in [6, 6.07) is 5.49. The van der Waals surface area contributed by atoms with E-state index < -0.39 is 6.61 Å². The minimum atomic E-state index is -0.533. The molecule has 138 valence electrons. The highest BCUT2D eigenvalue weighted by molar-refractivity contribution is 5.80. The summed E-state index contributed by atoms with van der Waals surface area (Å²) < 4.78 is 10.7. The molecule has 2 amide bonds. The third-order valence-corrected chi connectivity index (χ3v) is 4.37. The molecule has 0 bridgehead atoms. The van der Waals surface area contributed by atoms with Crippen molar-refractivity contribution in [3.8, 4) is 5.75 Å². The van der Waals surface area contributed by atoms with Crippen LogP contribution >= 0.6 is 0 Å². The smallest absolute Gasteiger partial charge is 0.248 e. The summed E-state index contributed by atoms with van der Waals surface area (Å²) in [6.45, 7) is 3.03. The van der Waals surface area contributed by atoms with Gasteiger partial charge in [-0.3, -0.25) is 9.59 Å². The molecule has 1 aliphatic rings. The number of ether oxygens (including phenoxy) is 2. The summed E-state index contributed by atoms with van der Waals surface area (Å²) in [4.78, 5) is 27.6. The van der Waals surface area contributed by atoms with Crippen LogP contribution in [0.5, 0.6) is 5.75 Å². The Labute approximate surface area is 148 Å². The van der Waals surface area contributed by atoms with E-state index in [-0.39, 0.29) is 24.3 Å². The van der Waals surface area contributed by atoms with E-state index in [1.54, 1.807) is 24.0 Å². The van der Waals surface area contributed by atoms with Gasteiger partial charge in [0, 0.05) is 25.7 Å². The molecule has 25 heavy (non-hydrogen) atoms. The Kier molecular flexibility index (Phi) is 6.78. The second-order valence-corrected chi connectivity index (χ2v) is 6.24. The highest BCUT2D eigenvalue weighted by Crippen LogP contribution is 2.21. The van der Waals surface area contributed by atoms with Crippen LogP contribution in [0.4, 0.5) is 0 Å². The zero-order valence-electron chi connectivity index (χ0n) is 15.0. The van der Waals surface area contributed by atoms with Gasteiger partial charge in [0.2, 0.25) is 11.8 Å². The van der Waals surface area contributed by atoms with Crippen molar-refractivity contribution in [3.63, 3.8) is 0 Å². The number of aliphatic hydroxyl groups is 1. The molecule has 0 radical (unpaired) electrons. The lowest BCUT2D eigenvalue weighted by atomic mass is 10.1. The van der Waals surface area contributed by atoms with Crippen molar-refractivity contribution >= 4 is 11.8 Å². The van der Waals surface area contributed by atoms with E-state index in [9.17, 15) is 9.59 Å². The number of aliphatic hydroxyl groups excluding tert-OH is 1. The topological polar surface area (TPSA) is 79.3 Å². The van der Waals surface area contributed by atoms with Gasteiger partial charge in [0.15, 0.2) is 0 Å². The van der Waals surface area contributed by atoms with Crippen LogP contribution in [-0.2, 0) is 20.7 Å². The molecule has 1 saturated heterocycles. The lowest BCUT2D eigenvalue weighted by Crippen LogP contribution is -2.54. The Balaban J connectivity index is 2.02. The summed E-state index contributed by atoms with van der Waals surface area (Å²) in [5.41, 5.74) is 1.90. The number of aryl methyl sites for hydroxylation is 1. The molecule has 0 aromatic heterocycles. The van der Waals surface area contributed by atoms with E-state index >= 15 is 0 Å². The van der Waals surface area contributed by atoms with Gasteiger partial charge in [0.1, 0.15) is 12.4 Å². The van der Waals surface area contributed by atoms with Gasteiger partial charge in [-0.15, -0.1) is 0 Å². The molecule has 1 heterocycles. The van der Waals surface area contributed by atoms with E-state index in [1.165, 1.54) is 0 Å². The number of morpholine rings is 1. The second kappa shape index (κ2) is 8.82.